The summed E-state index contributed by atoms with van der Waals surface area (Å²) in [5.74, 6) is 1.28. The van der Waals surface area contributed by atoms with Gasteiger partial charge >= 0.3 is 0 Å². The molecule has 1 aromatic heterocycles. The third-order valence-electron chi connectivity index (χ3n) is 4.79. The summed E-state index contributed by atoms with van der Waals surface area (Å²) in [7, 11) is 0. The van der Waals surface area contributed by atoms with Crippen molar-refractivity contribution >= 4 is 5.91 Å². The van der Waals surface area contributed by atoms with Gasteiger partial charge in [0, 0.05) is 13.0 Å². The molecule has 1 heterocycles. The van der Waals surface area contributed by atoms with Gasteiger partial charge in [0.25, 0.3) is 0 Å². The summed E-state index contributed by atoms with van der Waals surface area (Å²) in [6.07, 6.45) is 0.967. The summed E-state index contributed by atoms with van der Waals surface area (Å²) < 4.78 is 20.8. The van der Waals surface area contributed by atoms with Crippen LogP contribution >= 0.6 is 0 Å². The van der Waals surface area contributed by atoms with Gasteiger partial charge in [-0.25, -0.2) is 9.07 Å². The Bertz CT molecular complexity index is 988. The van der Waals surface area contributed by atoms with Crippen LogP contribution < -0.4 is 10.1 Å². The van der Waals surface area contributed by atoms with E-state index in [1.165, 1.54) is 16.8 Å². The normalized spacial score (nSPS) is 12.0. The molecule has 3 aromatic rings. The minimum absolute atomic E-state index is 0.212. The van der Waals surface area contributed by atoms with Gasteiger partial charge < -0.3 is 10.1 Å². The minimum atomic E-state index is -0.663. The first kappa shape index (κ1) is 22.4. The molecule has 164 valence electrons. The summed E-state index contributed by atoms with van der Waals surface area (Å²) in [4.78, 5) is 12.9. The van der Waals surface area contributed by atoms with Gasteiger partial charge in [-0.05, 0) is 65.1 Å². The Morgan fingerprint density at radius 2 is 1.94 bits per heavy atom. The summed E-state index contributed by atoms with van der Waals surface area (Å²) in [6, 6.07) is 13.4. The second-order valence-corrected chi connectivity index (χ2v) is 7.91. The fourth-order valence-electron chi connectivity index (χ4n) is 3.17. The van der Waals surface area contributed by atoms with Gasteiger partial charge in [0.05, 0.1) is 6.61 Å². The number of aryl methyl sites for hydroxylation is 1. The van der Waals surface area contributed by atoms with E-state index in [-0.39, 0.29) is 18.1 Å². The van der Waals surface area contributed by atoms with Gasteiger partial charge in [0.1, 0.15) is 23.4 Å². The molecule has 0 aliphatic heterocycles. The number of carbonyl (C=O) groups is 1. The molecule has 1 atom stereocenters. The number of benzene rings is 2. The van der Waals surface area contributed by atoms with Crippen LogP contribution in [0.3, 0.4) is 0 Å². The first-order chi connectivity index (χ1) is 14.9. The predicted molar refractivity (Wildman–Crippen MR) is 115 cm³/mol. The highest BCUT2D eigenvalue weighted by Crippen LogP contribution is 2.17. The Hall–Kier alpha value is -3.29. The van der Waals surface area contributed by atoms with Crippen LogP contribution in [0.2, 0.25) is 0 Å². The zero-order chi connectivity index (χ0) is 22.2. The highest BCUT2D eigenvalue weighted by Gasteiger charge is 2.24. The van der Waals surface area contributed by atoms with E-state index in [1.54, 1.807) is 19.1 Å². The number of hydrogen-bond acceptors (Lipinski definition) is 5. The van der Waals surface area contributed by atoms with E-state index in [1.807, 2.05) is 24.3 Å². The predicted octanol–water partition coefficient (Wildman–Crippen LogP) is 3.30. The first-order valence-corrected chi connectivity index (χ1v) is 10.4. The van der Waals surface area contributed by atoms with Crippen LogP contribution in [0, 0.1) is 18.7 Å². The van der Waals surface area contributed by atoms with Gasteiger partial charge in [-0.2, -0.15) is 0 Å². The number of carbonyl (C=O) groups excluding carboxylic acids is 1. The molecule has 0 saturated carbocycles. The average Bonchev–Trinajstić information content (AvgIpc) is 3.17. The number of hydrogen-bond donors (Lipinski definition) is 1. The molecule has 0 aliphatic carbocycles. The van der Waals surface area contributed by atoms with Crippen molar-refractivity contribution in [3.8, 4) is 5.75 Å². The highest BCUT2D eigenvalue weighted by molar-refractivity contribution is 5.80. The Morgan fingerprint density at radius 1 is 1.16 bits per heavy atom. The van der Waals surface area contributed by atoms with Crippen LogP contribution in [0.15, 0.2) is 48.5 Å². The summed E-state index contributed by atoms with van der Waals surface area (Å²) in [6.45, 7) is 7.09. The molecule has 0 fully saturated rings. The monoisotopic (exact) mass is 425 g/mol. The van der Waals surface area contributed by atoms with Crippen LogP contribution in [-0.4, -0.2) is 39.3 Å². The van der Waals surface area contributed by atoms with E-state index >= 15 is 0 Å². The standard InChI is InChI=1S/C23H28FN5O2/c1-16(2)15-31-21-9-7-18(8-10-21)11-12-25-23(30)22(29-17(3)26-27-28-29)14-19-5-4-6-20(24)13-19/h4-10,13,16,22H,11-12,14-15H2,1-3H3,(H,25,30). The summed E-state index contributed by atoms with van der Waals surface area (Å²) >= 11 is 0. The zero-order valence-electron chi connectivity index (χ0n) is 18.1. The molecular formula is C23H28FN5O2. The lowest BCUT2D eigenvalue weighted by Crippen LogP contribution is -2.36. The fraction of sp³-hybridized carbons (Fsp3) is 0.391. The zero-order valence-corrected chi connectivity index (χ0v) is 18.1. The van der Waals surface area contributed by atoms with Gasteiger partial charge in [-0.15, -0.1) is 5.10 Å². The van der Waals surface area contributed by atoms with Crippen molar-refractivity contribution in [2.75, 3.05) is 13.2 Å². The van der Waals surface area contributed by atoms with Crippen LogP contribution in [0.1, 0.15) is 36.8 Å². The Kier molecular flexibility index (Phi) is 7.70. The maximum atomic E-state index is 13.6. The lowest BCUT2D eigenvalue weighted by Gasteiger charge is -2.18. The Morgan fingerprint density at radius 3 is 2.58 bits per heavy atom. The molecule has 1 amide bonds. The molecule has 0 bridgehead atoms. The lowest BCUT2D eigenvalue weighted by atomic mass is 10.0. The van der Waals surface area contributed by atoms with Crippen molar-refractivity contribution in [3.63, 3.8) is 0 Å². The van der Waals surface area contributed by atoms with Gasteiger partial charge in [0.2, 0.25) is 5.91 Å². The quantitative estimate of drug-likeness (QED) is 0.539. The molecule has 7 nitrogen and oxygen atoms in total. The number of halogens is 1. The van der Waals surface area contributed by atoms with Crippen molar-refractivity contribution < 1.29 is 13.9 Å². The first-order valence-electron chi connectivity index (χ1n) is 10.4. The van der Waals surface area contributed by atoms with E-state index in [9.17, 15) is 9.18 Å². The molecule has 1 unspecified atom stereocenters. The number of nitrogens with zero attached hydrogens (tertiary/aromatic N) is 4. The largest absolute Gasteiger partial charge is 0.493 e. The Labute approximate surface area is 181 Å². The average molecular weight is 426 g/mol. The van der Waals surface area contributed by atoms with Crippen molar-refractivity contribution in [2.24, 2.45) is 5.92 Å². The van der Waals surface area contributed by atoms with Gasteiger partial charge in [-0.1, -0.05) is 38.1 Å². The maximum Gasteiger partial charge on any atom is 0.245 e. The maximum absolute atomic E-state index is 13.6. The Balaban J connectivity index is 1.59. The van der Waals surface area contributed by atoms with Crippen LogP contribution in [0.25, 0.3) is 0 Å². The minimum Gasteiger partial charge on any atom is -0.493 e. The second kappa shape index (κ2) is 10.7. The number of amides is 1. The summed E-state index contributed by atoms with van der Waals surface area (Å²) in [5.41, 5.74) is 1.80. The lowest BCUT2D eigenvalue weighted by molar-refractivity contribution is -0.124. The molecule has 0 aliphatic rings. The molecule has 0 spiro atoms. The van der Waals surface area contributed by atoms with Gasteiger partial charge in [-0.3, -0.25) is 4.79 Å². The SMILES string of the molecule is Cc1nnnn1C(Cc1cccc(F)c1)C(=O)NCCc1ccc(OCC(C)C)cc1. The van der Waals surface area contributed by atoms with E-state index in [0.29, 0.717) is 36.9 Å². The van der Waals surface area contributed by atoms with E-state index in [0.717, 1.165) is 11.3 Å². The smallest absolute Gasteiger partial charge is 0.245 e. The topological polar surface area (TPSA) is 81.9 Å². The number of tetrazole rings is 1. The van der Waals surface area contributed by atoms with Crippen LogP contribution in [0.4, 0.5) is 4.39 Å². The number of rotatable bonds is 10. The molecule has 1 N–H and O–H groups in total. The molecule has 31 heavy (non-hydrogen) atoms. The van der Waals surface area contributed by atoms with Gasteiger partial charge in [0.15, 0.2) is 0 Å². The number of nitrogens with one attached hydrogen (secondary N) is 1. The van der Waals surface area contributed by atoms with E-state index in [4.69, 9.17) is 4.74 Å². The third-order valence-corrected chi connectivity index (χ3v) is 4.79. The molecule has 2 aromatic carbocycles. The van der Waals surface area contributed by atoms with Crippen molar-refractivity contribution in [2.45, 2.75) is 39.7 Å². The van der Waals surface area contributed by atoms with Crippen LogP contribution in [-0.2, 0) is 17.6 Å². The van der Waals surface area contributed by atoms with Crippen LogP contribution in [0.5, 0.6) is 5.75 Å². The highest BCUT2D eigenvalue weighted by atomic mass is 19.1. The number of ether oxygens (including phenoxy) is 1. The van der Waals surface area contributed by atoms with Crippen molar-refractivity contribution in [3.05, 3.63) is 71.3 Å². The van der Waals surface area contributed by atoms with E-state index in [2.05, 4.69) is 34.7 Å². The molecule has 0 radical (unpaired) electrons. The summed E-state index contributed by atoms with van der Waals surface area (Å²) in [5, 5.41) is 14.4. The van der Waals surface area contributed by atoms with E-state index < -0.39 is 6.04 Å². The second-order valence-electron chi connectivity index (χ2n) is 7.91. The molecule has 3 rings (SSSR count). The fourth-order valence-corrected chi connectivity index (χ4v) is 3.17. The molecule has 0 saturated heterocycles. The number of aromatic nitrogens is 4. The van der Waals surface area contributed by atoms with Crippen molar-refractivity contribution in [1.29, 1.82) is 0 Å². The van der Waals surface area contributed by atoms with Crippen molar-refractivity contribution in [1.82, 2.24) is 25.5 Å². The molecule has 8 heteroatoms. The third kappa shape index (κ3) is 6.60. The molecular weight excluding hydrogens is 397 g/mol.